The number of amides is 1. The number of nitrogens with one attached hydrogen (secondary N) is 1. The molecule has 5 nitrogen and oxygen atoms in total. The van der Waals surface area contributed by atoms with Gasteiger partial charge in [-0.05, 0) is 32.7 Å². The Morgan fingerprint density at radius 2 is 2.21 bits per heavy atom. The van der Waals surface area contributed by atoms with E-state index >= 15 is 0 Å². The van der Waals surface area contributed by atoms with Crippen molar-refractivity contribution in [2.45, 2.75) is 45.6 Å². The predicted molar refractivity (Wildman–Crippen MR) is 73.7 cm³/mol. The van der Waals surface area contributed by atoms with Gasteiger partial charge >= 0.3 is 5.97 Å². The summed E-state index contributed by atoms with van der Waals surface area (Å²) in [6.45, 7) is 6.22. The Bertz CT molecular complexity index is 307. The van der Waals surface area contributed by atoms with Crippen molar-refractivity contribution < 1.29 is 14.3 Å². The van der Waals surface area contributed by atoms with Crippen LogP contribution in [-0.4, -0.2) is 49.6 Å². The van der Waals surface area contributed by atoms with E-state index in [2.05, 4.69) is 17.1 Å². The van der Waals surface area contributed by atoms with Crippen LogP contribution in [-0.2, 0) is 14.3 Å². The number of unbranched alkanes of at least 4 members (excludes halogenated alkanes) is 1. The molecule has 1 N–H and O–H groups in total. The molecule has 0 spiro atoms. The topological polar surface area (TPSA) is 58.6 Å². The third-order valence-electron chi connectivity index (χ3n) is 3.74. The first-order valence-electron chi connectivity index (χ1n) is 7.19. The molecule has 0 aromatic carbocycles. The molecular weight excluding hydrogens is 244 g/mol. The van der Waals surface area contributed by atoms with Gasteiger partial charge in [0.25, 0.3) is 0 Å². The summed E-state index contributed by atoms with van der Waals surface area (Å²) in [6.07, 6.45) is 3.87. The summed E-state index contributed by atoms with van der Waals surface area (Å²) in [5, 5.41) is 2.94. The van der Waals surface area contributed by atoms with Crippen LogP contribution in [0.3, 0.4) is 0 Å². The molecule has 110 valence electrons. The lowest BCUT2D eigenvalue weighted by molar-refractivity contribution is -0.148. The molecule has 0 aromatic heterocycles. The minimum Gasteiger partial charge on any atom is -0.469 e. The van der Waals surface area contributed by atoms with Gasteiger partial charge < -0.3 is 10.1 Å². The molecule has 1 saturated heterocycles. The second-order valence-electron chi connectivity index (χ2n) is 5.18. The lowest BCUT2D eigenvalue weighted by Crippen LogP contribution is -2.50. The number of hydrogen-bond acceptors (Lipinski definition) is 4. The van der Waals surface area contributed by atoms with Crippen molar-refractivity contribution in [3.05, 3.63) is 0 Å². The first-order valence-corrected chi connectivity index (χ1v) is 7.19. The largest absolute Gasteiger partial charge is 0.469 e. The highest BCUT2D eigenvalue weighted by molar-refractivity contribution is 5.81. The van der Waals surface area contributed by atoms with E-state index in [1.165, 1.54) is 7.11 Å². The number of piperidine rings is 1. The number of likely N-dealkylation sites (tertiary alicyclic amines) is 1. The Hall–Kier alpha value is -1.10. The van der Waals surface area contributed by atoms with Gasteiger partial charge in [-0.1, -0.05) is 13.3 Å². The number of carbonyl (C=O) groups is 2. The molecule has 19 heavy (non-hydrogen) atoms. The lowest BCUT2D eigenvalue weighted by Gasteiger charge is -2.34. The Kier molecular flexibility index (Phi) is 6.84. The van der Waals surface area contributed by atoms with E-state index in [0.29, 0.717) is 6.54 Å². The number of ether oxygens (including phenoxy) is 1. The number of methoxy groups -OCH3 is 1. The maximum Gasteiger partial charge on any atom is 0.309 e. The Morgan fingerprint density at radius 3 is 2.84 bits per heavy atom. The summed E-state index contributed by atoms with van der Waals surface area (Å²) in [5.74, 6) is -0.202. The molecule has 1 rings (SSSR count). The first-order chi connectivity index (χ1) is 9.10. The van der Waals surface area contributed by atoms with Crippen molar-refractivity contribution in [3.8, 4) is 0 Å². The second kappa shape index (κ2) is 8.15. The van der Waals surface area contributed by atoms with E-state index in [1.807, 2.05) is 6.92 Å². The smallest absolute Gasteiger partial charge is 0.309 e. The highest BCUT2D eigenvalue weighted by Crippen LogP contribution is 2.19. The third-order valence-corrected chi connectivity index (χ3v) is 3.74. The number of nitrogens with zero attached hydrogens (tertiary/aromatic N) is 1. The number of hydrogen-bond donors (Lipinski definition) is 1. The van der Waals surface area contributed by atoms with Crippen molar-refractivity contribution in [3.63, 3.8) is 0 Å². The fourth-order valence-corrected chi connectivity index (χ4v) is 2.42. The average molecular weight is 270 g/mol. The molecule has 0 radical (unpaired) electrons. The molecule has 0 aliphatic carbocycles. The zero-order valence-corrected chi connectivity index (χ0v) is 12.3. The standard InChI is InChI=1S/C14H26N2O3/c1-4-5-8-15-13(17)11(2)16-9-6-7-12(10-16)14(18)19-3/h11-12H,4-10H2,1-3H3,(H,15,17)/t11?,12-/m0/s1. The Balaban J connectivity index is 2.44. The van der Waals surface area contributed by atoms with Crippen LogP contribution in [0, 0.1) is 5.92 Å². The number of carbonyl (C=O) groups excluding carboxylic acids is 2. The van der Waals surface area contributed by atoms with Gasteiger partial charge in [0.05, 0.1) is 19.1 Å². The molecule has 0 aromatic rings. The molecule has 1 unspecified atom stereocenters. The zero-order chi connectivity index (χ0) is 14.3. The SMILES string of the molecule is CCCCNC(=O)C(C)N1CCC[C@H](C(=O)OC)C1. The maximum atomic E-state index is 12.0. The predicted octanol–water partition coefficient (Wildman–Crippen LogP) is 1.18. The van der Waals surface area contributed by atoms with E-state index in [4.69, 9.17) is 4.74 Å². The molecular formula is C14H26N2O3. The van der Waals surface area contributed by atoms with Crippen LogP contribution in [0.4, 0.5) is 0 Å². The number of esters is 1. The fourth-order valence-electron chi connectivity index (χ4n) is 2.42. The van der Waals surface area contributed by atoms with Gasteiger partial charge in [0.1, 0.15) is 0 Å². The van der Waals surface area contributed by atoms with Crippen molar-refractivity contribution in [1.82, 2.24) is 10.2 Å². The summed E-state index contributed by atoms with van der Waals surface area (Å²) in [6, 6.07) is -0.177. The van der Waals surface area contributed by atoms with Crippen LogP contribution in [0.25, 0.3) is 0 Å². The average Bonchev–Trinajstić information content (AvgIpc) is 2.45. The van der Waals surface area contributed by atoms with Crippen LogP contribution >= 0.6 is 0 Å². The lowest BCUT2D eigenvalue weighted by atomic mass is 9.97. The quantitative estimate of drug-likeness (QED) is 0.581. The van der Waals surface area contributed by atoms with Crippen LogP contribution in [0.1, 0.15) is 39.5 Å². The van der Waals surface area contributed by atoms with E-state index in [9.17, 15) is 9.59 Å². The van der Waals surface area contributed by atoms with Gasteiger partial charge in [-0.3, -0.25) is 14.5 Å². The van der Waals surface area contributed by atoms with Gasteiger partial charge in [0.2, 0.25) is 5.91 Å². The summed E-state index contributed by atoms with van der Waals surface area (Å²) in [4.78, 5) is 25.6. The highest BCUT2D eigenvalue weighted by Gasteiger charge is 2.31. The molecule has 1 aliphatic rings. The van der Waals surface area contributed by atoms with E-state index in [-0.39, 0.29) is 23.8 Å². The zero-order valence-electron chi connectivity index (χ0n) is 12.3. The fraction of sp³-hybridized carbons (Fsp3) is 0.857. The van der Waals surface area contributed by atoms with E-state index < -0.39 is 0 Å². The molecule has 1 heterocycles. The van der Waals surface area contributed by atoms with E-state index in [1.54, 1.807) is 0 Å². The first kappa shape index (κ1) is 16.0. The molecule has 2 atom stereocenters. The third kappa shape index (κ3) is 4.82. The van der Waals surface area contributed by atoms with Gasteiger partial charge in [-0.15, -0.1) is 0 Å². The highest BCUT2D eigenvalue weighted by atomic mass is 16.5. The summed E-state index contributed by atoms with van der Waals surface area (Å²) >= 11 is 0. The Morgan fingerprint density at radius 1 is 1.47 bits per heavy atom. The van der Waals surface area contributed by atoms with Crippen LogP contribution in [0.2, 0.25) is 0 Å². The van der Waals surface area contributed by atoms with Gasteiger partial charge in [-0.2, -0.15) is 0 Å². The van der Waals surface area contributed by atoms with Gasteiger partial charge in [0.15, 0.2) is 0 Å². The number of rotatable bonds is 6. The molecule has 5 heteroatoms. The normalized spacial score (nSPS) is 21.7. The molecule has 1 fully saturated rings. The summed E-state index contributed by atoms with van der Waals surface area (Å²) in [5.41, 5.74) is 0. The van der Waals surface area contributed by atoms with Crippen LogP contribution in [0.5, 0.6) is 0 Å². The Labute approximate surface area is 115 Å². The molecule has 1 aliphatic heterocycles. The second-order valence-corrected chi connectivity index (χ2v) is 5.18. The van der Waals surface area contributed by atoms with Gasteiger partial charge in [0, 0.05) is 13.1 Å². The van der Waals surface area contributed by atoms with Crippen LogP contribution in [0.15, 0.2) is 0 Å². The van der Waals surface area contributed by atoms with E-state index in [0.717, 1.165) is 38.8 Å². The summed E-state index contributed by atoms with van der Waals surface area (Å²) < 4.78 is 4.79. The van der Waals surface area contributed by atoms with Crippen molar-refractivity contribution in [1.29, 1.82) is 0 Å². The molecule has 0 bridgehead atoms. The summed E-state index contributed by atoms with van der Waals surface area (Å²) in [7, 11) is 1.42. The molecule has 1 amide bonds. The van der Waals surface area contributed by atoms with Crippen LogP contribution < -0.4 is 5.32 Å². The monoisotopic (exact) mass is 270 g/mol. The molecule has 0 saturated carbocycles. The van der Waals surface area contributed by atoms with Crippen molar-refractivity contribution in [2.24, 2.45) is 5.92 Å². The van der Waals surface area contributed by atoms with Gasteiger partial charge in [-0.25, -0.2) is 0 Å². The van der Waals surface area contributed by atoms with Crippen molar-refractivity contribution >= 4 is 11.9 Å². The minimum atomic E-state index is -0.177. The maximum absolute atomic E-state index is 12.0. The minimum absolute atomic E-state index is 0.0546. The van der Waals surface area contributed by atoms with Crippen molar-refractivity contribution in [2.75, 3.05) is 26.7 Å².